The first kappa shape index (κ1) is 15.7. The van der Waals surface area contributed by atoms with Gasteiger partial charge in [-0.25, -0.2) is 4.79 Å². The van der Waals surface area contributed by atoms with Gasteiger partial charge >= 0.3 is 6.03 Å². The summed E-state index contributed by atoms with van der Waals surface area (Å²) in [6.45, 7) is 2.35. The highest BCUT2D eigenvalue weighted by Crippen LogP contribution is 2.29. The van der Waals surface area contributed by atoms with Gasteiger partial charge in [-0.05, 0) is 55.2 Å². The highest BCUT2D eigenvalue weighted by Gasteiger charge is 2.25. The number of carbonyl (C=O) groups is 2. The van der Waals surface area contributed by atoms with Crippen LogP contribution in [0.15, 0.2) is 48.5 Å². The van der Waals surface area contributed by atoms with Gasteiger partial charge in [-0.3, -0.25) is 4.79 Å². The van der Waals surface area contributed by atoms with E-state index in [0.717, 1.165) is 43.7 Å². The zero-order valence-electron chi connectivity index (χ0n) is 14.1. The van der Waals surface area contributed by atoms with E-state index in [2.05, 4.69) is 11.4 Å². The van der Waals surface area contributed by atoms with Crippen LogP contribution >= 0.6 is 0 Å². The van der Waals surface area contributed by atoms with Gasteiger partial charge < -0.3 is 15.1 Å². The SMILES string of the molecule is O=C(Nc1ccc(C(=O)N2CCc3ccccc32)cc1)N1CCCC1. The second-order valence-electron chi connectivity index (χ2n) is 6.54. The third-order valence-electron chi connectivity index (χ3n) is 4.91. The molecule has 0 spiro atoms. The van der Waals surface area contributed by atoms with Crippen molar-refractivity contribution in [2.75, 3.05) is 29.9 Å². The second-order valence-corrected chi connectivity index (χ2v) is 6.54. The fourth-order valence-corrected chi connectivity index (χ4v) is 3.52. The van der Waals surface area contributed by atoms with Crippen LogP contribution in [0.5, 0.6) is 0 Å². The summed E-state index contributed by atoms with van der Waals surface area (Å²) in [5.41, 5.74) is 3.57. The Kier molecular flexibility index (Phi) is 4.14. The number of nitrogens with one attached hydrogen (secondary N) is 1. The number of hydrogen-bond acceptors (Lipinski definition) is 2. The van der Waals surface area contributed by atoms with Crippen molar-refractivity contribution in [1.29, 1.82) is 0 Å². The average Bonchev–Trinajstić information content (AvgIpc) is 3.32. The highest BCUT2D eigenvalue weighted by molar-refractivity contribution is 6.07. The van der Waals surface area contributed by atoms with Gasteiger partial charge in [-0.1, -0.05) is 18.2 Å². The van der Waals surface area contributed by atoms with Gasteiger partial charge in [0.25, 0.3) is 5.91 Å². The molecule has 2 aromatic rings. The molecule has 0 atom stereocenters. The fraction of sp³-hybridized carbons (Fsp3) is 0.300. The van der Waals surface area contributed by atoms with Crippen LogP contribution in [0.4, 0.5) is 16.2 Å². The third kappa shape index (κ3) is 3.09. The minimum Gasteiger partial charge on any atom is -0.325 e. The first-order valence-corrected chi connectivity index (χ1v) is 8.78. The first-order valence-electron chi connectivity index (χ1n) is 8.78. The smallest absolute Gasteiger partial charge is 0.321 e. The number of hydrogen-bond donors (Lipinski definition) is 1. The van der Waals surface area contributed by atoms with Crippen molar-refractivity contribution in [3.8, 4) is 0 Å². The van der Waals surface area contributed by atoms with E-state index in [1.807, 2.05) is 28.0 Å². The molecule has 1 N–H and O–H groups in total. The van der Waals surface area contributed by atoms with E-state index in [4.69, 9.17) is 0 Å². The molecule has 2 aliphatic heterocycles. The molecule has 0 bridgehead atoms. The molecular formula is C20H21N3O2. The molecule has 0 unspecified atom stereocenters. The predicted octanol–water partition coefficient (Wildman–Crippen LogP) is 3.52. The number of benzene rings is 2. The Labute approximate surface area is 147 Å². The maximum Gasteiger partial charge on any atom is 0.321 e. The summed E-state index contributed by atoms with van der Waals surface area (Å²) in [6.07, 6.45) is 3.03. The van der Waals surface area contributed by atoms with E-state index >= 15 is 0 Å². The van der Waals surface area contributed by atoms with Crippen molar-refractivity contribution in [1.82, 2.24) is 4.90 Å². The van der Waals surface area contributed by atoms with E-state index in [9.17, 15) is 9.59 Å². The highest BCUT2D eigenvalue weighted by atomic mass is 16.2. The van der Waals surface area contributed by atoms with Crippen LogP contribution in [0.1, 0.15) is 28.8 Å². The lowest BCUT2D eigenvalue weighted by Gasteiger charge is -2.18. The van der Waals surface area contributed by atoms with Crippen LogP contribution in [0, 0.1) is 0 Å². The minimum atomic E-state index is -0.0648. The molecule has 1 fully saturated rings. The van der Waals surface area contributed by atoms with E-state index in [-0.39, 0.29) is 11.9 Å². The summed E-state index contributed by atoms with van der Waals surface area (Å²) in [5.74, 6) is 0.00219. The Bertz CT molecular complexity index is 795. The number of para-hydroxylation sites is 1. The minimum absolute atomic E-state index is 0.00219. The van der Waals surface area contributed by atoms with Crippen molar-refractivity contribution in [2.45, 2.75) is 19.3 Å². The maximum atomic E-state index is 12.8. The second kappa shape index (κ2) is 6.59. The largest absolute Gasteiger partial charge is 0.325 e. The van der Waals surface area contributed by atoms with Gasteiger partial charge in [0.1, 0.15) is 0 Å². The summed E-state index contributed by atoms with van der Waals surface area (Å²) in [6, 6.07) is 15.1. The van der Waals surface area contributed by atoms with Gasteiger partial charge in [0.15, 0.2) is 0 Å². The molecule has 5 heteroatoms. The summed E-state index contributed by atoms with van der Waals surface area (Å²) >= 11 is 0. The molecule has 128 valence electrons. The molecule has 0 saturated carbocycles. The number of nitrogens with zero attached hydrogens (tertiary/aromatic N) is 2. The van der Waals surface area contributed by atoms with Crippen LogP contribution in [-0.4, -0.2) is 36.5 Å². The van der Waals surface area contributed by atoms with Gasteiger partial charge in [-0.2, -0.15) is 0 Å². The lowest BCUT2D eigenvalue weighted by Crippen LogP contribution is -2.32. The van der Waals surface area contributed by atoms with Crippen molar-refractivity contribution >= 4 is 23.3 Å². The van der Waals surface area contributed by atoms with E-state index in [0.29, 0.717) is 12.1 Å². The molecule has 2 aromatic carbocycles. The monoisotopic (exact) mass is 335 g/mol. The normalized spacial score (nSPS) is 16.0. The summed E-state index contributed by atoms with van der Waals surface area (Å²) < 4.78 is 0. The topological polar surface area (TPSA) is 52.7 Å². The van der Waals surface area contributed by atoms with Crippen LogP contribution in [0.25, 0.3) is 0 Å². The van der Waals surface area contributed by atoms with Crippen LogP contribution < -0.4 is 10.2 Å². The van der Waals surface area contributed by atoms with Crippen LogP contribution in [-0.2, 0) is 6.42 Å². The summed E-state index contributed by atoms with van der Waals surface area (Å²) in [5, 5.41) is 2.90. The number of anilines is 2. The fourth-order valence-electron chi connectivity index (χ4n) is 3.52. The Morgan fingerprint density at radius 3 is 2.36 bits per heavy atom. The Hall–Kier alpha value is -2.82. The zero-order chi connectivity index (χ0) is 17.2. The Morgan fingerprint density at radius 2 is 1.60 bits per heavy atom. The van der Waals surface area contributed by atoms with Crippen LogP contribution in [0.2, 0.25) is 0 Å². The summed E-state index contributed by atoms with van der Waals surface area (Å²) in [7, 11) is 0. The standard InChI is InChI=1S/C20H21N3O2/c24-19(23-14-11-15-5-1-2-6-18(15)23)16-7-9-17(10-8-16)21-20(25)22-12-3-4-13-22/h1-2,5-10H,3-4,11-14H2,(H,21,25). The van der Waals surface area contributed by atoms with Crippen molar-refractivity contribution in [2.24, 2.45) is 0 Å². The van der Waals surface area contributed by atoms with Crippen LogP contribution in [0.3, 0.4) is 0 Å². The first-order chi connectivity index (χ1) is 12.2. The molecule has 0 aliphatic carbocycles. The number of likely N-dealkylation sites (tertiary alicyclic amines) is 1. The lowest BCUT2D eigenvalue weighted by molar-refractivity contribution is 0.0989. The number of carbonyl (C=O) groups excluding carboxylic acids is 2. The molecule has 5 nitrogen and oxygen atoms in total. The molecule has 2 aliphatic rings. The summed E-state index contributed by atoms with van der Waals surface area (Å²) in [4.78, 5) is 28.5. The lowest BCUT2D eigenvalue weighted by atomic mass is 10.1. The Morgan fingerprint density at radius 1 is 0.880 bits per heavy atom. The molecule has 3 amide bonds. The van der Waals surface area contributed by atoms with E-state index in [1.165, 1.54) is 5.56 Å². The average molecular weight is 335 g/mol. The molecule has 1 saturated heterocycles. The molecule has 0 radical (unpaired) electrons. The van der Waals surface area contributed by atoms with Gasteiger partial charge in [0.05, 0.1) is 0 Å². The van der Waals surface area contributed by atoms with Gasteiger partial charge in [0, 0.05) is 36.6 Å². The molecular weight excluding hydrogens is 314 g/mol. The number of amides is 3. The number of fused-ring (bicyclic) bond motifs is 1. The predicted molar refractivity (Wildman–Crippen MR) is 98.1 cm³/mol. The Balaban J connectivity index is 1.45. The van der Waals surface area contributed by atoms with Gasteiger partial charge in [-0.15, -0.1) is 0 Å². The zero-order valence-corrected chi connectivity index (χ0v) is 14.1. The molecule has 0 aromatic heterocycles. The molecule has 2 heterocycles. The molecule has 25 heavy (non-hydrogen) atoms. The van der Waals surface area contributed by atoms with E-state index < -0.39 is 0 Å². The number of urea groups is 1. The van der Waals surface area contributed by atoms with E-state index in [1.54, 1.807) is 24.3 Å². The van der Waals surface area contributed by atoms with Crippen molar-refractivity contribution < 1.29 is 9.59 Å². The third-order valence-corrected chi connectivity index (χ3v) is 4.91. The maximum absolute atomic E-state index is 12.8. The van der Waals surface area contributed by atoms with Crippen molar-refractivity contribution in [3.63, 3.8) is 0 Å². The number of rotatable bonds is 2. The molecule has 4 rings (SSSR count). The quantitative estimate of drug-likeness (QED) is 0.913. The van der Waals surface area contributed by atoms with Crippen molar-refractivity contribution in [3.05, 3.63) is 59.7 Å². The van der Waals surface area contributed by atoms with Gasteiger partial charge in [0.2, 0.25) is 0 Å².